The summed E-state index contributed by atoms with van der Waals surface area (Å²) in [4.78, 5) is 7.52. The van der Waals surface area contributed by atoms with Crippen LogP contribution < -0.4 is 0 Å². The fraction of sp³-hybridized carbons (Fsp3) is 0.0625. The van der Waals surface area contributed by atoms with Crippen LogP contribution in [0.15, 0.2) is 52.4 Å². The summed E-state index contributed by atoms with van der Waals surface area (Å²) < 4.78 is 43.8. The zero-order valence-corrected chi connectivity index (χ0v) is 12.3. The van der Waals surface area contributed by atoms with Gasteiger partial charge in [-0.15, -0.1) is 11.3 Å². The van der Waals surface area contributed by atoms with E-state index in [-0.39, 0.29) is 5.58 Å². The fourth-order valence-electron chi connectivity index (χ4n) is 2.31. The zero-order chi connectivity index (χ0) is 16.0. The summed E-state index contributed by atoms with van der Waals surface area (Å²) in [6.07, 6.45) is -2.58. The van der Waals surface area contributed by atoms with E-state index >= 15 is 0 Å². The SMILES string of the molecule is FC(F)(F)c1ccc2cc(-c3csc(-c4ccc[nH]4)n3)oc2c1. The Balaban J connectivity index is 1.75. The smallest absolute Gasteiger partial charge is 0.416 e. The maximum Gasteiger partial charge on any atom is 0.416 e. The molecule has 0 saturated heterocycles. The number of fused-ring (bicyclic) bond motifs is 1. The summed E-state index contributed by atoms with van der Waals surface area (Å²) in [6.45, 7) is 0. The van der Waals surface area contributed by atoms with Gasteiger partial charge in [-0.1, -0.05) is 6.07 Å². The van der Waals surface area contributed by atoms with Crippen LogP contribution in [0.3, 0.4) is 0 Å². The lowest BCUT2D eigenvalue weighted by atomic mass is 10.1. The number of hydrogen-bond donors (Lipinski definition) is 1. The minimum atomic E-state index is -4.39. The van der Waals surface area contributed by atoms with Crippen molar-refractivity contribution in [2.75, 3.05) is 0 Å². The van der Waals surface area contributed by atoms with Crippen LogP contribution in [0.1, 0.15) is 5.56 Å². The first-order valence-electron chi connectivity index (χ1n) is 6.71. The number of halogens is 3. The minimum Gasteiger partial charge on any atom is -0.454 e. The molecule has 0 aliphatic heterocycles. The van der Waals surface area contributed by atoms with Gasteiger partial charge < -0.3 is 9.40 Å². The number of H-pyrrole nitrogens is 1. The molecular weight excluding hydrogens is 325 g/mol. The number of aromatic amines is 1. The van der Waals surface area contributed by atoms with Crippen LogP contribution in [0.25, 0.3) is 33.1 Å². The maximum absolute atomic E-state index is 12.8. The number of rotatable bonds is 2. The van der Waals surface area contributed by atoms with Gasteiger partial charge in [0.25, 0.3) is 0 Å². The molecule has 4 rings (SSSR count). The lowest BCUT2D eigenvalue weighted by Crippen LogP contribution is -2.03. The molecule has 7 heteroatoms. The minimum absolute atomic E-state index is 0.198. The van der Waals surface area contributed by atoms with E-state index in [1.807, 2.05) is 17.5 Å². The first-order chi connectivity index (χ1) is 11.0. The first kappa shape index (κ1) is 14.1. The lowest BCUT2D eigenvalue weighted by molar-refractivity contribution is -0.137. The van der Waals surface area contributed by atoms with Gasteiger partial charge in [0.1, 0.15) is 16.3 Å². The van der Waals surface area contributed by atoms with E-state index in [9.17, 15) is 13.2 Å². The number of nitrogens with one attached hydrogen (secondary N) is 1. The predicted molar refractivity (Wildman–Crippen MR) is 82.1 cm³/mol. The zero-order valence-electron chi connectivity index (χ0n) is 11.5. The van der Waals surface area contributed by atoms with E-state index in [0.717, 1.165) is 22.8 Å². The number of benzene rings is 1. The van der Waals surface area contributed by atoms with Crippen molar-refractivity contribution in [3.05, 3.63) is 53.5 Å². The Morgan fingerprint density at radius 3 is 2.74 bits per heavy atom. The van der Waals surface area contributed by atoms with Crippen LogP contribution in [0.5, 0.6) is 0 Å². The van der Waals surface area contributed by atoms with Crippen molar-refractivity contribution in [2.24, 2.45) is 0 Å². The van der Waals surface area contributed by atoms with Crippen LogP contribution in [0.4, 0.5) is 13.2 Å². The summed E-state index contributed by atoms with van der Waals surface area (Å²) in [5, 5.41) is 3.22. The molecule has 3 aromatic heterocycles. The van der Waals surface area contributed by atoms with Gasteiger partial charge in [-0.05, 0) is 30.3 Å². The average molecular weight is 334 g/mol. The van der Waals surface area contributed by atoms with Crippen molar-refractivity contribution in [2.45, 2.75) is 6.18 Å². The molecule has 116 valence electrons. The first-order valence-corrected chi connectivity index (χ1v) is 7.59. The molecule has 0 atom stereocenters. The van der Waals surface area contributed by atoms with Crippen molar-refractivity contribution in [3.63, 3.8) is 0 Å². The molecule has 1 aromatic carbocycles. The molecule has 1 N–H and O–H groups in total. The lowest BCUT2D eigenvalue weighted by Gasteiger charge is -2.04. The van der Waals surface area contributed by atoms with Gasteiger partial charge in [0, 0.05) is 17.0 Å². The molecule has 0 fully saturated rings. The molecule has 0 radical (unpaired) electrons. The molecule has 3 heterocycles. The second-order valence-electron chi connectivity index (χ2n) is 4.98. The van der Waals surface area contributed by atoms with E-state index in [0.29, 0.717) is 16.8 Å². The van der Waals surface area contributed by atoms with Crippen LogP contribution in [0.2, 0.25) is 0 Å². The third kappa shape index (κ3) is 2.53. The Kier molecular flexibility index (Phi) is 3.05. The molecule has 0 saturated carbocycles. The number of hydrogen-bond acceptors (Lipinski definition) is 3. The van der Waals surface area contributed by atoms with Crippen LogP contribution in [-0.4, -0.2) is 9.97 Å². The quantitative estimate of drug-likeness (QED) is 0.521. The largest absolute Gasteiger partial charge is 0.454 e. The van der Waals surface area contributed by atoms with Gasteiger partial charge in [0.05, 0.1) is 11.3 Å². The van der Waals surface area contributed by atoms with E-state index < -0.39 is 11.7 Å². The molecule has 4 aromatic rings. The standard InChI is InChI=1S/C16H9F3N2OS/c17-16(18,19)10-4-3-9-6-14(22-13(9)7-10)12-8-23-15(21-12)11-2-1-5-20-11/h1-8,20H. The maximum atomic E-state index is 12.8. The monoisotopic (exact) mass is 334 g/mol. The third-order valence-electron chi connectivity index (χ3n) is 3.43. The Hall–Kier alpha value is -2.54. The van der Waals surface area contributed by atoms with Crippen molar-refractivity contribution in [1.29, 1.82) is 0 Å². The Morgan fingerprint density at radius 2 is 2.00 bits per heavy atom. The van der Waals surface area contributed by atoms with Crippen molar-refractivity contribution in [1.82, 2.24) is 9.97 Å². The van der Waals surface area contributed by atoms with Gasteiger partial charge in [0.2, 0.25) is 0 Å². The second-order valence-corrected chi connectivity index (χ2v) is 5.84. The van der Waals surface area contributed by atoms with E-state index in [4.69, 9.17) is 4.42 Å². The van der Waals surface area contributed by atoms with E-state index in [1.165, 1.54) is 17.4 Å². The summed E-state index contributed by atoms with van der Waals surface area (Å²) in [6, 6.07) is 8.93. The number of furan rings is 1. The highest BCUT2D eigenvalue weighted by atomic mass is 32.1. The summed E-state index contributed by atoms with van der Waals surface area (Å²) >= 11 is 1.44. The van der Waals surface area contributed by atoms with Crippen LogP contribution >= 0.6 is 11.3 Å². The third-order valence-corrected chi connectivity index (χ3v) is 4.31. The highest BCUT2D eigenvalue weighted by Gasteiger charge is 2.31. The molecule has 0 amide bonds. The Morgan fingerprint density at radius 1 is 1.13 bits per heavy atom. The fourth-order valence-corrected chi connectivity index (χ4v) is 3.10. The van der Waals surface area contributed by atoms with Gasteiger partial charge in [-0.25, -0.2) is 4.98 Å². The van der Waals surface area contributed by atoms with Gasteiger partial charge in [-0.3, -0.25) is 0 Å². The number of aromatic nitrogens is 2. The molecule has 23 heavy (non-hydrogen) atoms. The Labute approximate surface area is 132 Å². The second kappa shape index (κ2) is 4.99. The highest BCUT2D eigenvalue weighted by Crippen LogP contribution is 2.35. The van der Waals surface area contributed by atoms with Crippen LogP contribution in [-0.2, 0) is 6.18 Å². The summed E-state index contributed by atoms with van der Waals surface area (Å²) in [5.41, 5.74) is 0.960. The van der Waals surface area contributed by atoms with Crippen molar-refractivity contribution in [3.8, 4) is 22.2 Å². The summed E-state index contributed by atoms with van der Waals surface area (Å²) in [5.74, 6) is 0.452. The predicted octanol–water partition coefficient (Wildman–Crippen LogP) is 5.57. The Bertz CT molecular complexity index is 967. The molecule has 0 aliphatic rings. The number of alkyl halides is 3. The highest BCUT2D eigenvalue weighted by molar-refractivity contribution is 7.13. The molecule has 0 unspecified atom stereocenters. The van der Waals surface area contributed by atoms with Gasteiger partial charge in [0.15, 0.2) is 5.76 Å². The van der Waals surface area contributed by atoms with E-state index in [2.05, 4.69) is 9.97 Å². The van der Waals surface area contributed by atoms with Crippen molar-refractivity contribution < 1.29 is 17.6 Å². The molecule has 0 bridgehead atoms. The molecule has 0 aliphatic carbocycles. The van der Waals surface area contributed by atoms with Gasteiger partial charge >= 0.3 is 6.18 Å². The molecular formula is C16H9F3N2OS. The number of nitrogens with zero attached hydrogens (tertiary/aromatic N) is 1. The molecule has 3 nitrogen and oxygen atoms in total. The summed E-state index contributed by atoms with van der Waals surface area (Å²) in [7, 11) is 0. The van der Waals surface area contributed by atoms with Crippen molar-refractivity contribution >= 4 is 22.3 Å². The van der Waals surface area contributed by atoms with Gasteiger partial charge in [-0.2, -0.15) is 13.2 Å². The normalized spacial score (nSPS) is 12.1. The topological polar surface area (TPSA) is 41.8 Å². The van der Waals surface area contributed by atoms with Crippen LogP contribution in [0, 0.1) is 0 Å². The average Bonchev–Trinajstić information content (AvgIpc) is 3.24. The molecule has 0 spiro atoms. The number of thiazole rings is 1. The van der Waals surface area contributed by atoms with E-state index in [1.54, 1.807) is 12.3 Å².